The highest BCUT2D eigenvalue weighted by molar-refractivity contribution is 7.91. The molecule has 0 heterocycles. The van der Waals surface area contributed by atoms with Crippen molar-refractivity contribution in [1.82, 2.24) is 0 Å². The first kappa shape index (κ1) is 72.8. The summed E-state index contributed by atoms with van der Waals surface area (Å²) < 4.78 is 86.6. The van der Waals surface area contributed by atoms with Crippen LogP contribution in [-0.4, -0.2) is 89.0 Å². The van der Waals surface area contributed by atoms with Crippen LogP contribution in [0.2, 0.25) is 0 Å². The van der Waals surface area contributed by atoms with E-state index < -0.39 is 26.8 Å². The minimum atomic E-state index is -4.51. The largest absolute Gasteiger partial charge is 0.508 e. The van der Waals surface area contributed by atoms with E-state index in [9.17, 15) is 57.3 Å². The van der Waals surface area contributed by atoms with Crippen LogP contribution < -0.4 is 0 Å². The fourth-order valence-electron chi connectivity index (χ4n) is 10.6. The van der Waals surface area contributed by atoms with E-state index in [0.29, 0.717) is 40.8 Å². The maximum Gasteiger partial charge on any atom is 0.402 e. The monoisotopic (exact) mass is 1300 g/mol. The summed E-state index contributed by atoms with van der Waals surface area (Å²) in [5.74, 6) is 0.986. The normalized spacial score (nSPS) is 11.8. The molecule has 9 rings (SSSR count). The molecule has 0 spiro atoms. The predicted octanol–water partition coefficient (Wildman–Crippen LogP) is 15.2. The molecule has 494 valence electrons. The third-order valence-electron chi connectivity index (χ3n) is 16.4. The predicted molar refractivity (Wildman–Crippen MR) is 350 cm³/mol. The number of phenolic OH excluding ortho intramolecular Hbond substituents is 9. The van der Waals surface area contributed by atoms with Crippen molar-refractivity contribution in [3.8, 4) is 51.7 Å². The fourth-order valence-corrected chi connectivity index (χ4v) is 11.9. The van der Waals surface area contributed by atoms with Crippen molar-refractivity contribution in [2.45, 2.75) is 113 Å². The number of aromatic hydroxyl groups is 9. The SMILES string of the molecule is CC(C)(c1ccc(O)cc1)c1ccc(O)cc1.CC(c1ccc(O)cc1)(c1ccc(O)cc1)C(F)(F)F.CCc1cc(C(C)(c2cc(COC)c(O)c(COC)c2)c2cc(COC)c(O)c(COC)c2)cc(CC)c1O.O=S(=O)(c1ccc(O)cc1)c1ccc(O)cc1. The van der Waals surface area contributed by atoms with Gasteiger partial charge in [-0.3, -0.25) is 0 Å². The number of ether oxygens (including phenoxy) is 4. The zero-order valence-electron chi connectivity index (χ0n) is 53.6. The van der Waals surface area contributed by atoms with Gasteiger partial charge in [0.25, 0.3) is 0 Å². The zero-order valence-corrected chi connectivity index (χ0v) is 54.4. The van der Waals surface area contributed by atoms with Crippen LogP contribution in [0, 0.1) is 0 Å². The highest BCUT2D eigenvalue weighted by atomic mass is 32.2. The van der Waals surface area contributed by atoms with Crippen molar-refractivity contribution in [2.24, 2.45) is 0 Å². The molecule has 0 amide bonds. The number of aryl methyl sites for hydroxylation is 2. The summed E-state index contributed by atoms with van der Waals surface area (Å²) in [6.45, 7) is 12.4. The number of methoxy groups -OCH3 is 4. The summed E-state index contributed by atoms with van der Waals surface area (Å²) in [5.41, 5.74) is 6.25. The van der Waals surface area contributed by atoms with Crippen LogP contribution in [0.4, 0.5) is 13.2 Å². The van der Waals surface area contributed by atoms with Crippen molar-refractivity contribution in [1.29, 1.82) is 0 Å². The molecular weight excluding hydrogens is 1220 g/mol. The van der Waals surface area contributed by atoms with Gasteiger partial charge in [-0.25, -0.2) is 8.42 Å². The van der Waals surface area contributed by atoms with Crippen molar-refractivity contribution >= 4 is 9.84 Å². The van der Waals surface area contributed by atoms with E-state index in [2.05, 4.69) is 20.8 Å². The van der Waals surface area contributed by atoms with E-state index in [1.54, 1.807) is 52.7 Å². The van der Waals surface area contributed by atoms with Crippen molar-refractivity contribution in [3.05, 3.63) is 254 Å². The Kier molecular flexibility index (Phi) is 24.6. The van der Waals surface area contributed by atoms with Gasteiger partial charge in [0.1, 0.15) is 57.2 Å². The molecule has 9 N–H and O–H groups in total. The Morgan fingerprint density at radius 1 is 0.333 bits per heavy atom. The van der Waals surface area contributed by atoms with Crippen LogP contribution >= 0.6 is 0 Å². The van der Waals surface area contributed by atoms with Crippen molar-refractivity contribution in [3.63, 3.8) is 0 Å². The van der Waals surface area contributed by atoms with Gasteiger partial charge in [0.15, 0.2) is 0 Å². The lowest BCUT2D eigenvalue weighted by atomic mass is 9.68. The van der Waals surface area contributed by atoms with Gasteiger partial charge in [0.05, 0.1) is 36.2 Å². The zero-order chi connectivity index (χ0) is 68.6. The Morgan fingerprint density at radius 2 is 0.548 bits per heavy atom. The Hall–Kier alpha value is -9.24. The van der Waals surface area contributed by atoms with Gasteiger partial charge < -0.3 is 64.9 Å². The van der Waals surface area contributed by atoms with Crippen molar-refractivity contribution in [2.75, 3.05) is 28.4 Å². The molecule has 9 aromatic rings. The molecule has 9 aromatic carbocycles. The summed E-state index contributed by atoms with van der Waals surface area (Å²) in [6, 6.07) is 46.8. The molecule has 0 aliphatic carbocycles. The highest BCUT2D eigenvalue weighted by Gasteiger charge is 2.53. The molecule has 15 nitrogen and oxygen atoms in total. The molecule has 0 saturated carbocycles. The van der Waals surface area contributed by atoms with Gasteiger partial charge in [-0.05, 0) is 198 Å². The van der Waals surface area contributed by atoms with Crippen LogP contribution in [-0.2, 0) is 84.3 Å². The van der Waals surface area contributed by atoms with E-state index >= 15 is 0 Å². The fraction of sp³-hybridized carbons (Fsp3) is 0.270. The Morgan fingerprint density at radius 3 is 0.774 bits per heavy atom. The van der Waals surface area contributed by atoms with Gasteiger partial charge in [-0.15, -0.1) is 0 Å². The lowest BCUT2D eigenvalue weighted by Crippen LogP contribution is -2.40. The number of benzene rings is 9. The number of sulfone groups is 1. The van der Waals surface area contributed by atoms with Crippen LogP contribution in [0.25, 0.3) is 0 Å². The lowest BCUT2D eigenvalue weighted by molar-refractivity contribution is -0.173. The number of hydrogen-bond acceptors (Lipinski definition) is 15. The molecular formula is C74H81F3O15S. The van der Waals surface area contributed by atoms with E-state index in [-0.39, 0.29) is 98.8 Å². The van der Waals surface area contributed by atoms with E-state index in [1.807, 2.05) is 74.5 Å². The second-order valence-electron chi connectivity index (χ2n) is 22.9. The number of alkyl halides is 3. The first-order chi connectivity index (χ1) is 43.9. The van der Waals surface area contributed by atoms with Gasteiger partial charge in [-0.1, -0.05) is 88.4 Å². The minimum absolute atomic E-state index is 0.00894. The third kappa shape index (κ3) is 17.1. The second-order valence-corrected chi connectivity index (χ2v) is 24.9. The molecule has 0 radical (unpaired) electrons. The van der Waals surface area contributed by atoms with E-state index in [0.717, 1.165) is 45.9 Å². The molecule has 0 aromatic heterocycles. The van der Waals surface area contributed by atoms with Gasteiger partial charge >= 0.3 is 6.18 Å². The molecule has 0 aliphatic rings. The number of rotatable bonds is 19. The summed E-state index contributed by atoms with van der Waals surface area (Å²) in [6.07, 6.45) is -3.18. The molecule has 0 atom stereocenters. The smallest absolute Gasteiger partial charge is 0.402 e. The highest BCUT2D eigenvalue weighted by Crippen LogP contribution is 2.48. The van der Waals surface area contributed by atoms with Crippen LogP contribution in [0.3, 0.4) is 0 Å². The maximum absolute atomic E-state index is 13.6. The number of halogens is 3. The molecule has 0 fully saturated rings. The average Bonchev–Trinajstić information content (AvgIpc) is 0.750. The maximum atomic E-state index is 13.6. The minimum Gasteiger partial charge on any atom is -0.508 e. The summed E-state index contributed by atoms with van der Waals surface area (Å²) >= 11 is 0. The first-order valence-corrected chi connectivity index (χ1v) is 31.0. The van der Waals surface area contributed by atoms with E-state index in [1.165, 1.54) is 97.1 Å². The molecule has 0 saturated heterocycles. The number of phenols is 9. The van der Waals surface area contributed by atoms with Gasteiger partial charge in [-0.2, -0.15) is 13.2 Å². The topological polar surface area (TPSA) is 253 Å². The van der Waals surface area contributed by atoms with Crippen molar-refractivity contribution < 1.29 is 86.5 Å². The molecule has 19 heteroatoms. The van der Waals surface area contributed by atoms with Crippen LogP contribution in [0.15, 0.2) is 192 Å². The van der Waals surface area contributed by atoms with E-state index in [4.69, 9.17) is 29.2 Å². The Balaban J connectivity index is 0.000000213. The summed E-state index contributed by atoms with van der Waals surface area (Å²) in [7, 11) is 2.78. The molecule has 0 unspecified atom stereocenters. The third-order valence-corrected chi connectivity index (χ3v) is 18.2. The summed E-state index contributed by atoms with van der Waals surface area (Å²) in [5, 5.41) is 88.1. The Labute approximate surface area is 541 Å². The van der Waals surface area contributed by atoms with Gasteiger partial charge in [0.2, 0.25) is 9.84 Å². The van der Waals surface area contributed by atoms with Crippen LogP contribution in [0.1, 0.15) is 114 Å². The first-order valence-electron chi connectivity index (χ1n) is 29.5. The second kappa shape index (κ2) is 31.4. The molecule has 93 heavy (non-hydrogen) atoms. The molecule has 0 aliphatic heterocycles. The Bertz CT molecular complexity index is 3720. The van der Waals surface area contributed by atoms with Crippen LogP contribution in [0.5, 0.6) is 51.7 Å². The standard InChI is InChI=1S/C32H42O7.C15H13F3O2.C15H16O2.C12H10O4S/c1-8-20-10-26(11-21(9-2)29(20)33)32(3,27-12-22(16-36-4)30(34)23(13-27)17-37-5)28-14-24(18-38-6)31(35)25(15-28)19-39-7;1-14(15(16,17)18,10-2-6-12(19)7-3-10)11-4-8-13(20)9-5-11;1-15(2,11-3-7-13(16)8-4-11)12-5-9-14(17)10-6-12;13-9-1-5-11(6-2-9)17(15,16)12-7-3-10(14)4-8-12/h10-15,33-35H,8-9,16-19H2,1-7H3;2-9,19-20H,1H3;3-10,16-17H,1-2H3;1-8,13-14H. The molecule has 0 bridgehead atoms. The lowest BCUT2D eigenvalue weighted by Gasteiger charge is -2.35. The number of hydrogen-bond donors (Lipinski definition) is 9. The van der Waals surface area contributed by atoms with Gasteiger partial charge in [0, 0.05) is 61.5 Å². The summed E-state index contributed by atoms with van der Waals surface area (Å²) in [4.78, 5) is 0.196. The average molecular weight is 1300 g/mol. The quantitative estimate of drug-likeness (QED) is 0.0341.